The van der Waals surface area contributed by atoms with E-state index < -0.39 is 34.8 Å². The van der Waals surface area contributed by atoms with Crippen LogP contribution in [0.3, 0.4) is 0 Å². The monoisotopic (exact) mass is 632 g/mol. The van der Waals surface area contributed by atoms with Gasteiger partial charge in [0.25, 0.3) is 0 Å². The SMILES string of the molecule is NCC(=O)OCCn1cc(-c2cc3nccc(Oc4ccc(NC(=O)C5(C(=O)Nc6ccc(F)cc6)CC5)cc4F)c3s2)cn1. The fraction of sp³-hybridized carbons (Fsp3) is 0.194. The molecular formula is C31H26F2N6O5S. The third kappa shape index (κ3) is 6.51. The van der Waals surface area contributed by atoms with Gasteiger partial charge in [-0.25, -0.2) is 8.78 Å². The van der Waals surface area contributed by atoms with Gasteiger partial charge >= 0.3 is 5.97 Å². The quantitative estimate of drug-likeness (QED) is 0.135. The van der Waals surface area contributed by atoms with E-state index in [0.717, 1.165) is 16.5 Å². The number of nitrogens with two attached hydrogens (primary N) is 1. The predicted octanol–water partition coefficient (Wildman–Crippen LogP) is 5.09. The average molecular weight is 633 g/mol. The topological polar surface area (TPSA) is 150 Å². The molecule has 14 heteroatoms. The van der Waals surface area contributed by atoms with Crippen molar-refractivity contribution >= 4 is 50.7 Å². The predicted molar refractivity (Wildman–Crippen MR) is 163 cm³/mol. The molecule has 11 nitrogen and oxygen atoms in total. The second-order valence-corrected chi connectivity index (χ2v) is 11.3. The van der Waals surface area contributed by atoms with Crippen LogP contribution >= 0.6 is 11.3 Å². The molecule has 5 aromatic rings. The van der Waals surface area contributed by atoms with Crippen molar-refractivity contribution < 1.29 is 32.6 Å². The number of fused-ring (bicyclic) bond motifs is 1. The van der Waals surface area contributed by atoms with Crippen LogP contribution in [0.5, 0.6) is 11.5 Å². The number of halogens is 2. The van der Waals surface area contributed by atoms with Crippen molar-refractivity contribution in [3.63, 3.8) is 0 Å². The number of nitrogens with one attached hydrogen (secondary N) is 2. The Balaban J connectivity index is 1.12. The lowest BCUT2D eigenvalue weighted by Crippen LogP contribution is -2.35. The first kappa shape index (κ1) is 29.8. The molecule has 6 rings (SSSR count). The minimum Gasteiger partial charge on any atom is -0.463 e. The van der Waals surface area contributed by atoms with Crippen LogP contribution in [-0.2, 0) is 25.7 Å². The number of hydrogen-bond donors (Lipinski definition) is 3. The van der Waals surface area contributed by atoms with Gasteiger partial charge in [0.15, 0.2) is 11.6 Å². The number of aromatic nitrogens is 3. The Morgan fingerprint density at radius 2 is 1.71 bits per heavy atom. The standard InChI is InChI=1S/C31H26F2N6O5S/c32-19-1-3-20(4-2-19)37-29(41)31(8-9-31)30(42)38-21-5-6-24(22(33)13-21)44-25-7-10-35-23-14-26(45-28(23)25)18-16-36-39(17-18)11-12-43-27(40)15-34/h1-7,10,13-14,16-17H,8-9,11-12,15,34H2,(H,37,41)(H,38,42). The number of pyridine rings is 1. The Labute approximate surface area is 259 Å². The number of rotatable bonds is 11. The summed E-state index contributed by atoms with van der Waals surface area (Å²) >= 11 is 1.39. The van der Waals surface area contributed by atoms with Crippen LogP contribution in [0, 0.1) is 17.0 Å². The lowest BCUT2D eigenvalue weighted by molar-refractivity contribution is -0.142. The Kier molecular flexibility index (Phi) is 8.24. The molecule has 3 heterocycles. The summed E-state index contributed by atoms with van der Waals surface area (Å²) in [5.41, 5.74) is 5.96. The molecule has 2 amide bonds. The molecule has 0 atom stereocenters. The Morgan fingerprint density at radius 3 is 2.42 bits per heavy atom. The highest BCUT2D eigenvalue weighted by atomic mass is 32.1. The molecule has 2 aromatic carbocycles. The van der Waals surface area contributed by atoms with Crippen LogP contribution in [0.25, 0.3) is 20.7 Å². The average Bonchev–Trinajstić information content (AvgIpc) is 3.52. The third-order valence-electron chi connectivity index (χ3n) is 7.17. The van der Waals surface area contributed by atoms with Gasteiger partial charge in [0.1, 0.15) is 23.6 Å². The number of ether oxygens (including phenoxy) is 2. The molecule has 1 saturated carbocycles. The highest BCUT2D eigenvalue weighted by Gasteiger charge is 2.56. The summed E-state index contributed by atoms with van der Waals surface area (Å²) in [7, 11) is 0. The number of amides is 2. The summed E-state index contributed by atoms with van der Waals surface area (Å²) < 4.78 is 41.6. The highest BCUT2D eigenvalue weighted by Crippen LogP contribution is 2.48. The minimum atomic E-state index is -1.28. The first-order valence-electron chi connectivity index (χ1n) is 13.9. The van der Waals surface area contributed by atoms with E-state index in [1.54, 1.807) is 23.1 Å². The number of esters is 1. The van der Waals surface area contributed by atoms with Crippen molar-refractivity contribution in [2.45, 2.75) is 19.4 Å². The van der Waals surface area contributed by atoms with Crippen LogP contribution in [-0.4, -0.2) is 45.7 Å². The van der Waals surface area contributed by atoms with E-state index in [4.69, 9.17) is 15.2 Å². The Hall–Kier alpha value is -5.21. The van der Waals surface area contributed by atoms with Crippen molar-refractivity contribution in [3.05, 3.63) is 84.8 Å². The molecule has 1 aliphatic carbocycles. The highest BCUT2D eigenvalue weighted by molar-refractivity contribution is 7.22. The van der Waals surface area contributed by atoms with Crippen LogP contribution in [0.15, 0.2) is 73.2 Å². The molecule has 0 bridgehead atoms. The first-order valence-corrected chi connectivity index (χ1v) is 14.7. The number of hydrogen-bond acceptors (Lipinski definition) is 9. The van der Waals surface area contributed by atoms with Crippen LogP contribution < -0.4 is 21.1 Å². The van der Waals surface area contributed by atoms with Gasteiger partial charge in [0, 0.05) is 46.3 Å². The fourth-order valence-electron chi connectivity index (χ4n) is 4.56. The summed E-state index contributed by atoms with van der Waals surface area (Å²) in [6.45, 7) is 0.323. The zero-order valence-electron chi connectivity index (χ0n) is 23.6. The molecule has 0 aliphatic heterocycles. The number of benzene rings is 2. The van der Waals surface area contributed by atoms with E-state index in [-0.39, 0.29) is 24.6 Å². The molecule has 3 aromatic heterocycles. The smallest absolute Gasteiger partial charge is 0.319 e. The van der Waals surface area contributed by atoms with Crippen LogP contribution in [0.4, 0.5) is 20.2 Å². The van der Waals surface area contributed by atoms with Crippen molar-refractivity contribution in [2.24, 2.45) is 11.1 Å². The zero-order chi connectivity index (χ0) is 31.6. The third-order valence-corrected chi connectivity index (χ3v) is 8.36. The maximum Gasteiger partial charge on any atom is 0.319 e. The molecule has 0 spiro atoms. The van der Waals surface area contributed by atoms with Gasteiger partial charge in [-0.05, 0) is 55.3 Å². The lowest BCUT2D eigenvalue weighted by atomic mass is 10.0. The number of anilines is 2. The van der Waals surface area contributed by atoms with E-state index in [2.05, 4.69) is 20.7 Å². The molecule has 1 fully saturated rings. The van der Waals surface area contributed by atoms with Crippen molar-refractivity contribution in [2.75, 3.05) is 23.8 Å². The van der Waals surface area contributed by atoms with Crippen LogP contribution in [0.2, 0.25) is 0 Å². The maximum atomic E-state index is 15.2. The lowest BCUT2D eigenvalue weighted by Gasteiger charge is -2.16. The summed E-state index contributed by atoms with van der Waals surface area (Å²) in [6, 6.07) is 12.7. The fourth-order valence-corrected chi connectivity index (χ4v) is 5.60. The van der Waals surface area contributed by atoms with Gasteiger partial charge in [0.2, 0.25) is 11.8 Å². The summed E-state index contributed by atoms with van der Waals surface area (Å²) in [5, 5.41) is 9.56. The van der Waals surface area contributed by atoms with Gasteiger partial charge in [0.05, 0.1) is 29.5 Å². The number of thiophene rings is 1. The molecule has 0 unspecified atom stereocenters. The summed E-state index contributed by atoms with van der Waals surface area (Å²) in [5.74, 6) is -2.39. The molecule has 4 N–H and O–H groups in total. The first-order chi connectivity index (χ1) is 21.7. The van der Waals surface area contributed by atoms with Gasteiger partial charge in [-0.3, -0.25) is 24.0 Å². The van der Waals surface area contributed by atoms with Gasteiger partial charge in [-0.2, -0.15) is 5.10 Å². The molecule has 45 heavy (non-hydrogen) atoms. The molecule has 230 valence electrons. The zero-order valence-corrected chi connectivity index (χ0v) is 24.4. The van der Waals surface area contributed by atoms with Gasteiger partial charge < -0.3 is 25.8 Å². The molecular weight excluding hydrogens is 606 g/mol. The second-order valence-electron chi connectivity index (χ2n) is 10.3. The van der Waals surface area contributed by atoms with E-state index in [1.807, 2.05) is 12.3 Å². The summed E-state index contributed by atoms with van der Waals surface area (Å²) in [6.07, 6.45) is 5.72. The van der Waals surface area contributed by atoms with Gasteiger partial charge in [-0.15, -0.1) is 11.3 Å². The second kappa shape index (κ2) is 12.4. The van der Waals surface area contributed by atoms with Crippen molar-refractivity contribution in [1.29, 1.82) is 0 Å². The largest absolute Gasteiger partial charge is 0.463 e. The van der Waals surface area contributed by atoms with E-state index >= 15 is 4.39 Å². The van der Waals surface area contributed by atoms with Gasteiger partial charge in [-0.1, -0.05) is 0 Å². The summed E-state index contributed by atoms with van der Waals surface area (Å²) in [4.78, 5) is 42.3. The Bertz CT molecular complexity index is 1900. The Morgan fingerprint density at radius 1 is 0.978 bits per heavy atom. The van der Waals surface area contributed by atoms with Crippen LogP contribution in [0.1, 0.15) is 12.8 Å². The van der Waals surface area contributed by atoms with E-state index in [0.29, 0.717) is 41.0 Å². The minimum absolute atomic E-state index is 0.0644. The number of carbonyl (C=O) groups excluding carboxylic acids is 3. The number of carbonyl (C=O) groups is 3. The van der Waals surface area contributed by atoms with E-state index in [9.17, 15) is 18.8 Å². The van der Waals surface area contributed by atoms with E-state index in [1.165, 1.54) is 47.7 Å². The molecule has 0 radical (unpaired) electrons. The number of nitrogens with zero attached hydrogens (tertiary/aromatic N) is 3. The normalized spacial score (nSPS) is 13.3. The maximum absolute atomic E-state index is 15.2. The van der Waals surface area contributed by atoms with Crippen molar-refractivity contribution in [1.82, 2.24) is 14.8 Å². The molecule has 1 aliphatic rings. The molecule has 0 saturated heterocycles. The van der Waals surface area contributed by atoms with Crippen molar-refractivity contribution in [3.8, 4) is 21.9 Å².